The number of fused-ring (bicyclic) bond motifs is 12. The second-order valence-corrected chi connectivity index (χ2v) is 18.8. The Bertz CT molecular complexity index is 4100. The molecule has 1 aliphatic carbocycles. The predicted octanol–water partition coefficient (Wildman–Crippen LogP) is 16.7. The molecule has 9 aromatic carbocycles. The molecule has 0 fully saturated rings. The van der Waals surface area contributed by atoms with Gasteiger partial charge in [-0.25, -0.2) is 0 Å². The average Bonchev–Trinajstić information content (AvgIpc) is 4.16. The van der Waals surface area contributed by atoms with Crippen LogP contribution in [0.5, 0.6) is 5.75 Å². The molecule has 4 heteroatoms. The van der Waals surface area contributed by atoms with E-state index < -0.39 is 0 Å². The molecule has 0 amide bonds. The minimum atomic E-state index is -0.140. The molecule has 0 spiro atoms. The second kappa shape index (κ2) is 16.1. The van der Waals surface area contributed by atoms with Crippen LogP contribution in [0.2, 0.25) is 0 Å². The second-order valence-electron chi connectivity index (χ2n) is 18.8. The Morgan fingerprint density at radius 3 is 1.97 bits per heavy atom. The summed E-state index contributed by atoms with van der Waals surface area (Å²) in [6.07, 6.45) is 14.2. The highest BCUT2D eigenvalue weighted by molar-refractivity contribution is 6.23. The lowest BCUT2D eigenvalue weighted by Crippen LogP contribution is -2.34. The Labute approximate surface area is 406 Å². The van der Waals surface area contributed by atoms with Gasteiger partial charge >= 0.3 is 0 Å². The van der Waals surface area contributed by atoms with Crippen LogP contribution >= 0.6 is 0 Å². The smallest absolute Gasteiger partial charge is 0.130 e. The Kier molecular flexibility index (Phi) is 9.28. The zero-order valence-corrected chi connectivity index (χ0v) is 38.5. The number of para-hydroxylation sites is 4. The standard InChI is InChI=1S/C66H47N3O/c1-2-48(20-13-15-43-27-37-62-58(39-43)53-22-10-11-25-60(53)68(62)49-18-7-4-8-19-49)67(50-32-28-45(29-33-50)44-16-5-3-6-17-44)51-34-36-55-54-35-30-47(41-64(54)70-65(55)42-51)46-31-38-63-59(40-46)57-24-14-23-56-52-21-9-12-26-61(52)69(63)66(56)57/h2-19,21-42,48,55,65H,1,20H2/b15-13+. The van der Waals surface area contributed by atoms with Crippen molar-refractivity contribution >= 4 is 71.7 Å². The molecule has 3 unspecified atom stereocenters. The maximum atomic E-state index is 6.94. The summed E-state index contributed by atoms with van der Waals surface area (Å²) < 4.78 is 11.7. The van der Waals surface area contributed by atoms with Gasteiger partial charge in [-0.1, -0.05) is 164 Å². The molecular weight excluding hydrogens is 851 g/mol. The summed E-state index contributed by atoms with van der Waals surface area (Å²) in [6, 6.07) is 74.8. The minimum Gasteiger partial charge on any atom is -0.485 e. The van der Waals surface area contributed by atoms with Crippen molar-refractivity contribution in [1.29, 1.82) is 0 Å². The van der Waals surface area contributed by atoms with Crippen molar-refractivity contribution in [2.24, 2.45) is 0 Å². The zero-order chi connectivity index (χ0) is 46.3. The van der Waals surface area contributed by atoms with Crippen LogP contribution in [0.4, 0.5) is 5.69 Å². The molecule has 332 valence electrons. The molecule has 0 N–H and O–H groups in total. The molecule has 12 aromatic rings. The molecule has 0 saturated carbocycles. The summed E-state index contributed by atoms with van der Waals surface area (Å²) in [6.45, 7) is 4.43. The number of hydrogen-bond donors (Lipinski definition) is 0. The summed E-state index contributed by atoms with van der Waals surface area (Å²) in [4.78, 5) is 2.43. The third-order valence-electron chi connectivity index (χ3n) is 14.9. The number of anilines is 1. The highest BCUT2D eigenvalue weighted by Crippen LogP contribution is 2.46. The van der Waals surface area contributed by atoms with Gasteiger partial charge in [-0.15, -0.1) is 6.58 Å². The van der Waals surface area contributed by atoms with Crippen molar-refractivity contribution in [1.82, 2.24) is 8.97 Å². The fourth-order valence-corrected chi connectivity index (χ4v) is 11.6. The van der Waals surface area contributed by atoms with E-state index in [2.05, 4.69) is 263 Å². The fourth-order valence-electron chi connectivity index (χ4n) is 11.6. The number of ether oxygens (including phenoxy) is 1. The molecule has 3 atom stereocenters. The van der Waals surface area contributed by atoms with Gasteiger partial charge in [0, 0.05) is 60.9 Å². The Morgan fingerprint density at radius 1 is 0.543 bits per heavy atom. The summed E-state index contributed by atoms with van der Waals surface area (Å²) >= 11 is 0. The van der Waals surface area contributed by atoms with E-state index in [1.54, 1.807) is 0 Å². The van der Waals surface area contributed by atoms with Crippen molar-refractivity contribution in [3.8, 4) is 33.7 Å². The maximum Gasteiger partial charge on any atom is 0.130 e. The van der Waals surface area contributed by atoms with Crippen LogP contribution < -0.4 is 9.64 Å². The molecular formula is C66H47N3O. The first-order chi connectivity index (χ1) is 34.7. The summed E-state index contributed by atoms with van der Waals surface area (Å²) in [5.41, 5.74) is 16.7. The summed E-state index contributed by atoms with van der Waals surface area (Å²) in [5, 5.41) is 7.65. The van der Waals surface area contributed by atoms with E-state index in [0.717, 1.165) is 34.8 Å². The zero-order valence-electron chi connectivity index (χ0n) is 38.5. The monoisotopic (exact) mass is 897 g/mol. The average molecular weight is 898 g/mol. The lowest BCUT2D eigenvalue weighted by atomic mass is 9.89. The van der Waals surface area contributed by atoms with Crippen molar-refractivity contribution in [2.75, 3.05) is 4.90 Å². The molecule has 4 heterocycles. The first-order valence-electron chi connectivity index (χ1n) is 24.4. The van der Waals surface area contributed by atoms with Crippen LogP contribution in [-0.4, -0.2) is 21.1 Å². The maximum absolute atomic E-state index is 6.94. The van der Waals surface area contributed by atoms with Crippen LogP contribution in [0.15, 0.2) is 249 Å². The van der Waals surface area contributed by atoms with Gasteiger partial charge in [-0.2, -0.15) is 0 Å². The quantitative estimate of drug-likeness (QED) is 0.128. The Morgan fingerprint density at radius 2 is 1.16 bits per heavy atom. The van der Waals surface area contributed by atoms with Crippen molar-refractivity contribution in [2.45, 2.75) is 24.5 Å². The van der Waals surface area contributed by atoms with E-state index in [4.69, 9.17) is 4.74 Å². The van der Waals surface area contributed by atoms with Crippen LogP contribution in [0.3, 0.4) is 0 Å². The fraction of sp³-hybridized carbons (Fsp3) is 0.0606. The van der Waals surface area contributed by atoms with Gasteiger partial charge in [-0.05, 0) is 113 Å². The molecule has 70 heavy (non-hydrogen) atoms. The van der Waals surface area contributed by atoms with Gasteiger partial charge < -0.3 is 18.6 Å². The van der Waals surface area contributed by atoms with E-state index in [9.17, 15) is 0 Å². The Hall–Kier alpha value is -8.86. The third kappa shape index (κ3) is 6.37. The number of nitrogens with zero attached hydrogens (tertiary/aromatic N) is 3. The van der Waals surface area contributed by atoms with E-state index in [1.165, 1.54) is 87.7 Å². The van der Waals surface area contributed by atoms with Crippen LogP contribution in [0.25, 0.3) is 93.9 Å². The molecule has 0 radical (unpaired) electrons. The first-order valence-corrected chi connectivity index (χ1v) is 24.4. The van der Waals surface area contributed by atoms with Gasteiger partial charge in [-0.3, -0.25) is 0 Å². The SMILES string of the molecule is C=CC(C/C=C/c1ccc2c(c1)c1ccccc1n2-c1ccccc1)N(C1=CC2Oc3cc(-c4ccc5c(c4)c4cccc6c7ccccc7n5c64)ccc3C2C=C1)c1ccc(-c2ccccc2)cc1. The van der Waals surface area contributed by atoms with E-state index >= 15 is 0 Å². The number of hydrogen-bond acceptors (Lipinski definition) is 2. The highest BCUT2D eigenvalue weighted by atomic mass is 16.5. The molecule has 1 aliphatic heterocycles. The van der Waals surface area contributed by atoms with Crippen molar-refractivity contribution in [3.05, 3.63) is 260 Å². The highest BCUT2D eigenvalue weighted by Gasteiger charge is 2.35. The van der Waals surface area contributed by atoms with Gasteiger partial charge in [0.05, 0.1) is 33.6 Å². The molecule has 2 aliphatic rings. The molecule has 0 saturated heterocycles. The summed E-state index contributed by atoms with van der Waals surface area (Å²) in [5.74, 6) is 1.07. The third-order valence-corrected chi connectivity index (χ3v) is 14.9. The first kappa shape index (κ1) is 40.2. The lowest BCUT2D eigenvalue weighted by molar-refractivity contribution is 0.267. The molecule has 4 nitrogen and oxygen atoms in total. The van der Waals surface area contributed by atoms with Gasteiger partial charge in [0.2, 0.25) is 0 Å². The van der Waals surface area contributed by atoms with Crippen LogP contribution in [0.1, 0.15) is 23.5 Å². The minimum absolute atomic E-state index is 0.0313. The molecule has 0 bridgehead atoms. The predicted molar refractivity (Wildman–Crippen MR) is 294 cm³/mol. The van der Waals surface area contributed by atoms with Gasteiger partial charge in [0.15, 0.2) is 0 Å². The topological polar surface area (TPSA) is 21.8 Å². The van der Waals surface area contributed by atoms with Crippen LogP contribution in [-0.2, 0) is 0 Å². The normalized spacial score (nSPS) is 15.9. The lowest BCUT2D eigenvalue weighted by Gasteiger charge is -2.35. The van der Waals surface area contributed by atoms with E-state index in [1.807, 2.05) is 0 Å². The number of rotatable bonds is 10. The number of benzene rings is 9. The van der Waals surface area contributed by atoms with Gasteiger partial charge in [0.1, 0.15) is 11.9 Å². The molecule has 3 aromatic heterocycles. The van der Waals surface area contributed by atoms with Gasteiger partial charge in [0.25, 0.3) is 0 Å². The molecule has 14 rings (SSSR count). The van der Waals surface area contributed by atoms with Crippen molar-refractivity contribution < 1.29 is 4.74 Å². The van der Waals surface area contributed by atoms with E-state index in [0.29, 0.717) is 0 Å². The van der Waals surface area contributed by atoms with E-state index in [-0.39, 0.29) is 18.1 Å². The Balaban J connectivity index is 0.779. The number of allylic oxidation sites excluding steroid dienone is 1. The number of aromatic nitrogens is 2. The van der Waals surface area contributed by atoms with Crippen LogP contribution in [0, 0.1) is 0 Å². The van der Waals surface area contributed by atoms with Crippen molar-refractivity contribution in [3.63, 3.8) is 0 Å². The largest absolute Gasteiger partial charge is 0.485 e. The summed E-state index contributed by atoms with van der Waals surface area (Å²) in [7, 11) is 0.